The number of aromatic carboxylic acids is 1. The van der Waals surface area contributed by atoms with E-state index < -0.39 is 11.9 Å². The Bertz CT molecular complexity index is 430. The van der Waals surface area contributed by atoms with E-state index in [-0.39, 0.29) is 24.3 Å². The van der Waals surface area contributed by atoms with Crippen LogP contribution in [0, 0.1) is 0 Å². The number of rotatable bonds is 5. The summed E-state index contributed by atoms with van der Waals surface area (Å²) < 4.78 is 9.65. The average Bonchev–Trinajstić information content (AvgIpc) is 2.30. The van der Waals surface area contributed by atoms with E-state index in [1.807, 2.05) is 0 Å². The summed E-state index contributed by atoms with van der Waals surface area (Å²) >= 11 is 0. The molecule has 0 atom stereocenters. The van der Waals surface area contributed by atoms with Gasteiger partial charge in [-0.25, -0.2) is 4.79 Å². The Hall–Kier alpha value is -2.24. The number of carboxylic acids is 1. The molecule has 0 heterocycles. The van der Waals surface area contributed by atoms with Crippen LogP contribution in [0.5, 0.6) is 5.75 Å². The van der Waals surface area contributed by atoms with E-state index in [0.717, 1.165) is 0 Å². The first-order valence-corrected chi connectivity index (χ1v) is 4.87. The second kappa shape index (κ2) is 5.74. The molecule has 0 aliphatic carbocycles. The van der Waals surface area contributed by atoms with Gasteiger partial charge in [0.2, 0.25) is 0 Å². The molecule has 1 aromatic rings. The maximum absolute atomic E-state index is 10.8. The van der Waals surface area contributed by atoms with Crippen LogP contribution in [0.4, 0.5) is 5.69 Å². The average molecular weight is 239 g/mol. The van der Waals surface area contributed by atoms with Crippen LogP contribution < -0.4 is 10.5 Å². The lowest BCUT2D eigenvalue weighted by molar-refractivity contribution is -0.141. The van der Waals surface area contributed by atoms with Crippen LogP contribution >= 0.6 is 0 Å². The first kappa shape index (κ1) is 12.8. The molecule has 0 aliphatic rings. The highest BCUT2D eigenvalue weighted by molar-refractivity contribution is 5.89. The summed E-state index contributed by atoms with van der Waals surface area (Å²) in [7, 11) is 1.28. The van der Waals surface area contributed by atoms with Gasteiger partial charge in [-0.15, -0.1) is 0 Å². The van der Waals surface area contributed by atoms with Gasteiger partial charge < -0.3 is 20.3 Å². The normalized spacial score (nSPS) is 9.71. The second-order valence-electron chi connectivity index (χ2n) is 3.23. The second-order valence-corrected chi connectivity index (χ2v) is 3.23. The minimum absolute atomic E-state index is 0.0762. The molecule has 0 bridgehead atoms. The van der Waals surface area contributed by atoms with Crippen molar-refractivity contribution in [3.05, 3.63) is 23.8 Å². The quantitative estimate of drug-likeness (QED) is 0.585. The van der Waals surface area contributed by atoms with E-state index in [0.29, 0.717) is 5.69 Å². The van der Waals surface area contributed by atoms with E-state index in [1.54, 1.807) is 0 Å². The summed E-state index contributed by atoms with van der Waals surface area (Å²) in [6.07, 6.45) is 0.0766. The zero-order chi connectivity index (χ0) is 12.8. The summed E-state index contributed by atoms with van der Waals surface area (Å²) in [6, 6.07) is 4.14. The number of nitrogens with two attached hydrogens (primary N) is 1. The van der Waals surface area contributed by atoms with Gasteiger partial charge in [-0.3, -0.25) is 4.79 Å². The first-order chi connectivity index (χ1) is 8.04. The van der Waals surface area contributed by atoms with Crippen molar-refractivity contribution >= 4 is 17.6 Å². The molecule has 1 rings (SSSR count). The maximum atomic E-state index is 10.8. The molecular weight excluding hydrogens is 226 g/mol. The predicted molar refractivity (Wildman–Crippen MR) is 59.9 cm³/mol. The molecule has 92 valence electrons. The highest BCUT2D eigenvalue weighted by atomic mass is 16.5. The van der Waals surface area contributed by atoms with Crippen LogP contribution in [0.2, 0.25) is 0 Å². The number of esters is 1. The molecule has 0 radical (unpaired) electrons. The van der Waals surface area contributed by atoms with Gasteiger partial charge in [0.1, 0.15) is 5.75 Å². The van der Waals surface area contributed by atoms with Crippen LogP contribution in [-0.2, 0) is 9.53 Å². The smallest absolute Gasteiger partial charge is 0.335 e. The Labute approximate surface area is 97.9 Å². The highest BCUT2D eigenvalue weighted by Crippen LogP contribution is 2.22. The number of carboxylic acid groups (broad SMARTS) is 1. The van der Waals surface area contributed by atoms with Crippen molar-refractivity contribution in [2.75, 3.05) is 19.5 Å². The molecule has 1 aromatic carbocycles. The molecule has 0 aliphatic heterocycles. The van der Waals surface area contributed by atoms with Crippen molar-refractivity contribution in [2.24, 2.45) is 0 Å². The molecule has 0 saturated carbocycles. The molecule has 6 nitrogen and oxygen atoms in total. The van der Waals surface area contributed by atoms with Gasteiger partial charge >= 0.3 is 11.9 Å². The Morgan fingerprint density at radius 2 is 2.12 bits per heavy atom. The third kappa shape index (κ3) is 3.67. The summed E-state index contributed by atoms with van der Waals surface area (Å²) in [4.78, 5) is 21.6. The summed E-state index contributed by atoms with van der Waals surface area (Å²) in [5.74, 6) is -1.23. The van der Waals surface area contributed by atoms with E-state index in [4.69, 9.17) is 15.6 Å². The molecule has 0 fully saturated rings. The van der Waals surface area contributed by atoms with Crippen LogP contribution in [0.1, 0.15) is 16.8 Å². The molecule has 0 unspecified atom stereocenters. The molecular formula is C11H13NO5. The number of anilines is 1. The fourth-order valence-corrected chi connectivity index (χ4v) is 1.14. The lowest BCUT2D eigenvalue weighted by atomic mass is 10.2. The number of ether oxygens (including phenoxy) is 2. The number of benzene rings is 1. The van der Waals surface area contributed by atoms with Crippen molar-refractivity contribution in [3.63, 3.8) is 0 Å². The van der Waals surface area contributed by atoms with Gasteiger partial charge in [0.25, 0.3) is 0 Å². The Kier molecular flexibility index (Phi) is 4.33. The molecule has 0 amide bonds. The number of carbonyl (C=O) groups is 2. The Morgan fingerprint density at radius 3 is 2.71 bits per heavy atom. The first-order valence-electron chi connectivity index (χ1n) is 4.87. The minimum atomic E-state index is -1.07. The summed E-state index contributed by atoms with van der Waals surface area (Å²) in [5, 5.41) is 8.78. The van der Waals surface area contributed by atoms with Gasteiger partial charge in [0.05, 0.1) is 31.4 Å². The van der Waals surface area contributed by atoms with Crippen molar-refractivity contribution < 1.29 is 24.2 Å². The molecule has 0 saturated heterocycles. The fourth-order valence-electron chi connectivity index (χ4n) is 1.14. The molecule has 3 N–H and O–H groups in total. The maximum Gasteiger partial charge on any atom is 0.335 e. The fraction of sp³-hybridized carbons (Fsp3) is 0.273. The largest absolute Gasteiger partial charge is 0.491 e. The summed E-state index contributed by atoms with van der Waals surface area (Å²) in [5.41, 5.74) is 6.00. The zero-order valence-corrected chi connectivity index (χ0v) is 9.30. The summed E-state index contributed by atoms with van der Waals surface area (Å²) in [6.45, 7) is 0.0833. The van der Waals surface area contributed by atoms with Gasteiger partial charge in [-0.1, -0.05) is 0 Å². The highest BCUT2D eigenvalue weighted by Gasteiger charge is 2.08. The van der Waals surface area contributed by atoms with Crippen LogP contribution in [0.3, 0.4) is 0 Å². The minimum Gasteiger partial charge on any atom is -0.491 e. The van der Waals surface area contributed by atoms with Crippen LogP contribution in [0.15, 0.2) is 18.2 Å². The van der Waals surface area contributed by atoms with E-state index in [2.05, 4.69) is 4.74 Å². The lowest BCUT2D eigenvalue weighted by Crippen LogP contribution is -2.09. The number of nitrogen functional groups attached to an aromatic ring is 1. The van der Waals surface area contributed by atoms with Gasteiger partial charge in [0.15, 0.2) is 0 Å². The zero-order valence-electron chi connectivity index (χ0n) is 9.30. The van der Waals surface area contributed by atoms with Crippen molar-refractivity contribution in [1.82, 2.24) is 0 Å². The van der Waals surface area contributed by atoms with Crippen LogP contribution in [0.25, 0.3) is 0 Å². The van der Waals surface area contributed by atoms with E-state index >= 15 is 0 Å². The van der Waals surface area contributed by atoms with Crippen molar-refractivity contribution in [3.8, 4) is 5.75 Å². The van der Waals surface area contributed by atoms with Gasteiger partial charge in [0, 0.05) is 0 Å². The molecule has 0 spiro atoms. The van der Waals surface area contributed by atoms with Gasteiger partial charge in [-0.2, -0.15) is 0 Å². The van der Waals surface area contributed by atoms with Crippen molar-refractivity contribution in [1.29, 1.82) is 0 Å². The Morgan fingerprint density at radius 1 is 1.41 bits per heavy atom. The number of hydrogen-bond donors (Lipinski definition) is 2. The third-order valence-corrected chi connectivity index (χ3v) is 2.05. The van der Waals surface area contributed by atoms with E-state index in [9.17, 15) is 9.59 Å². The molecule has 17 heavy (non-hydrogen) atoms. The number of methoxy groups -OCH3 is 1. The SMILES string of the molecule is COC(=O)CCOc1cc(C(=O)O)ccc1N. The standard InChI is InChI=1S/C11H13NO5/c1-16-10(13)4-5-17-9-6-7(11(14)15)2-3-8(9)12/h2-3,6H,4-5,12H2,1H3,(H,14,15). The predicted octanol–water partition coefficient (Wildman–Crippen LogP) is 0.909. The van der Waals surface area contributed by atoms with E-state index in [1.165, 1.54) is 25.3 Å². The Balaban J connectivity index is 2.66. The monoisotopic (exact) mass is 239 g/mol. The topological polar surface area (TPSA) is 98.8 Å². The number of hydrogen-bond acceptors (Lipinski definition) is 5. The molecule has 0 aromatic heterocycles. The van der Waals surface area contributed by atoms with Gasteiger partial charge in [-0.05, 0) is 18.2 Å². The number of carbonyl (C=O) groups excluding carboxylic acids is 1. The lowest BCUT2D eigenvalue weighted by Gasteiger charge is -2.08. The van der Waals surface area contributed by atoms with Crippen molar-refractivity contribution in [2.45, 2.75) is 6.42 Å². The van der Waals surface area contributed by atoms with Crippen LogP contribution in [-0.4, -0.2) is 30.8 Å². The third-order valence-electron chi connectivity index (χ3n) is 2.05. The molecule has 6 heteroatoms.